The van der Waals surface area contributed by atoms with E-state index in [4.69, 9.17) is 18.6 Å². The van der Waals surface area contributed by atoms with E-state index < -0.39 is 43.7 Å². The van der Waals surface area contributed by atoms with Gasteiger partial charge in [-0.15, -0.1) is 0 Å². The van der Waals surface area contributed by atoms with Crippen LogP contribution in [-0.2, 0) is 23.4 Å². The van der Waals surface area contributed by atoms with Crippen molar-refractivity contribution < 1.29 is 33.0 Å². The van der Waals surface area contributed by atoms with Gasteiger partial charge >= 0.3 is 18.2 Å². The predicted molar refractivity (Wildman–Crippen MR) is 122 cm³/mol. The van der Waals surface area contributed by atoms with E-state index in [2.05, 4.69) is 33.9 Å². The molecular weight excluding hydrogens is 418 g/mol. The molecule has 0 aliphatic rings. The second kappa shape index (κ2) is 10.8. The third-order valence-corrected chi connectivity index (χ3v) is 9.39. The van der Waals surface area contributed by atoms with Crippen molar-refractivity contribution in [2.75, 3.05) is 13.7 Å². The first-order valence-corrected chi connectivity index (χ1v) is 13.6. The number of imide groups is 1. The minimum Gasteiger partial charge on any atom is -0.467 e. The van der Waals surface area contributed by atoms with E-state index in [1.807, 2.05) is 0 Å². The molecule has 0 spiro atoms. The molecule has 0 saturated carbocycles. The van der Waals surface area contributed by atoms with Crippen LogP contribution in [0.3, 0.4) is 0 Å². The lowest BCUT2D eigenvalue weighted by Gasteiger charge is -2.36. The summed E-state index contributed by atoms with van der Waals surface area (Å²) in [7, 11) is -0.748. The minimum atomic E-state index is -1.96. The van der Waals surface area contributed by atoms with Crippen molar-refractivity contribution in [2.45, 2.75) is 111 Å². The highest BCUT2D eigenvalue weighted by atomic mass is 28.4. The smallest absolute Gasteiger partial charge is 0.420 e. The van der Waals surface area contributed by atoms with Crippen molar-refractivity contribution >= 4 is 26.5 Å². The Bertz CT molecular complexity index is 599. The molecule has 0 rings (SSSR count). The van der Waals surface area contributed by atoms with Gasteiger partial charge in [-0.25, -0.2) is 14.4 Å². The Hall–Kier alpha value is -1.61. The minimum absolute atomic E-state index is 0.0494. The normalized spacial score (nSPS) is 13.9. The van der Waals surface area contributed by atoms with Crippen molar-refractivity contribution in [1.82, 2.24) is 4.90 Å². The predicted octanol–water partition coefficient (Wildman–Crippen LogP) is 5.50. The molecular formula is C22H43NO7Si. The lowest BCUT2D eigenvalue weighted by molar-refractivity contribution is -0.147. The molecule has 0 aromatic rings. The Morgan fingerprint density at radius 3 is 1.58 bits per heavy atom. The number of hydrogen-bond donors (Lipinski definition) is 0. The molecule has 2 amide bonds. The molecule has 0 radical (unpaired) electrons. The topological polar surface area (TPSA) is 91.4 Å². The van der Waals surface area contributed by atoms with Gasteiger partial charge in [0.15, 0.2) is 8.32 Å². The van der Waals surface area contributed by atoms with Crippen LogP contribution in [0.25, 0.3) is 0 Å². The first-order chi connectivity index (χ1) is 13.7. The maximum atomic E-state index is 12.8. The van der Waals surface area contributed by atoms with Crippen LogP contribution in [-0.4, -0.2) is 62.3 Å². The zero-order valence-electron chi connectivity index (χ0n) is 21.5. The maximum absolute atomic E-state index is 12.8. The van der Waals surface area contributed by atoms with E-state index >= 15 is 0 Å². The summed E-state index contributed by atoms with van der Waals surface area (Å²) in [6.45, 7) is 21.2. The van der Waals surface area contributed by atoms with Crippen LogP contribution in [0.5, 0.6) is 0 Å². The quantitative estimate of drug-likeness (QED) is 0.214. The van der Waals surface area contributed by atoms with Crippen LogP contribution in [0, 0.1) is 0 Å². The van der Waals surface area contributed by atoms with Gasteiger partial charge in [-0.2, -0.15) is 4.90 Å². The number of amides is 2. The van der Waals surface area contributed by atoms with Gasteiger partial charge in [-0.3, -0.25) is 0 Å². The summed E-state index contributed by atoms with van der Waals surface area (Å²) in [6, 6.07) is -1.18. The molecule has 0 aliphatic carbocycles. The fourth-order valence-electron chi connectivity index (χ4n) is 2.26. The molecule has 0 aromatic heterocycles. The van der Waals surface area contributed by atoms with Crippen molar-refractivity contribution in [2.24, 2.45) is 0 Å². The van der Waals surface area contributed by atoms with Crippen LogP contribution >= 0.6 is 0 Å². The third kappa shape index (κ3) is 10.5. The largest absolute Gasteiger partial charge is 0.467 e. The summed E-state index contributed by atoms with van der Waals surface area (Å²) >= 11 is 0. The monoisotopic (exact) mass is 461 g/mol. The van der Waals surface area contributed by atoms with Crippen LogP contribution in [0.4, 0.5) is 9.59 Å². The molecule has 0 unspecified atom stereocenters. The van der Waals surface area contributed by atoms with Crippen molar-refractivity contribution in [3.8, 4) is 0 Å². The Labute approximate surface area is 189 Å². The molecule has 0 aliphatic heterocycles. The lowest BCUT2D eigenvalue weighted by Crippen LogP contribution is -2.52. The van der Waals surface area contributed by atoms with Crippen molar-refractivity contribution in [1.29, 1.82) is 0 Å². The number of methoxy groups -OCH3 is 1. The van der Waals surface area contributed by atoms with Crippen molar-refractivity contribution in [3.05, 3.63) is 0 Å². The number of carbonyl (C=O) groups is 3. The molecule has 0 N–H and O–H groups in total. The zero-order valence-corrected chi connectivity index (χ0v) is 22.5. The molecule has 0 aromatic carbocycles. The van der Waals surface area contributed by atoms with Crippen molar-refractivity contribution in [3.63, 3.8) is 0 Å². The molecule has 0 bridgehead atoms. The highest BCUT2D eigenvalue weighted by molar-refractivity contribution is 6.74. The summed E-state index contributed by atoms with van der Waals surface area (Å²) in [5.41, 5.74) is -1.72. The number of ether oxygens (including phenoxy) is 3. The van der Waals surface area contributed by atoms with Crippen LogP contribution in [0.2, 0.25) is 18.1 Å². The third-order valence-electron chi connectivity index (χ3n) is 4.86. The first-order valence-electron chi connectivity index (χ1n) is 10.7. The van der Waals surface area contributed by atoms with Crippen LogP contribution < -0.4 is 0 Å². The van der Waals surface area contributed by atoms with E-state index in [-0.39, 0.29) is 11.5 Å². The molecule has 0 heterocycles. The van der Waals surface area contributed by atoms with Gasteiger partial charge in [-0.1, -0.05) is 20.8 Å². The number of hydrogen-bond acceptors (Lipinski definition) is 7. The Balaban J connectivity index is 5.63. The second-order valence-corrected chi connectivity index (χ2v) is 15.9. The summed E-state index contributed by atoms with van der Waals surface area (Å²) < 4.78 is 21.8. The van der Waals surface area contributed by atoms with Crippen LogP contribution in [0.15, 0.2) is 0 Å². The van der Waals surface area contributed by atoms with Crippen LogP contribution in [0.1, 0.15) is 75.2 Å². The highest BCUT2D eigenvalue weighted by Gasteiger charge is 2.41. The summed E-state index contributed by atoms with van der Waals surface area (Å²) in [6.07, 6.45) is -1.29. The Kier molecular flexibility index (Phi) is 10.2. The second-order valence-electron chi connectivity index (χ2n) is 11.1. The maximum Gasteiger partial charge on any atom is 0.420 e. The number of carbonyl (C=O) groups excluding carboxylic acids is 3. The SMILES string of the molecule is COC(=O)[C@H](CCCO[Si](C)(C)C(C)(C)C)N(C(=O)OC(C)(C)C)C(=O)OC(C)(C)C. The van der Waals surface area contributed by atoms with E-state index in [0.29, 0.717) is 17.9 Å². The average Bonchev–Trinajstić information content (AvgIpc) is 2.52. The summed E-state index contributed by atoms with van der Waals surface area (Å²) in [4.78, 5) is 38.9. The van der Waals surface area contributed by atoms with Gasteiger partial charge < -0.3 is 18.6 Å². The Morgan fingerprint density at radius 1 is 0.839 bits per heavy atom. The fourth-order valence-corrected chi connectivity index (χ4v) is 3.35. The van der Waals surface area contributed by atoms with Gasteiger partial charge in [0.05, 0.1) is 7.11 Å². The molecule has 1 atom stereocenters. The van der Waals surface area contributed by atoms with E-state index in [9.17, 15) is 14.4 Å². The van der Waals surface area contributed by atoms with Gasteiger partial charge in [0.25, 0.3) is 0 Å². The summed E-state index contributed by atoms with van der Waals surface area (Å²) in [5.74, 6) is -0.718. The first kappa shape index (κ1) is 29.4. The number of nitrogens with zero attached hydrogens (tertiary/aromatic N) is 1. The molecule has 0 saturated heterocycles. The molecule has 31 heavy (non-hydrogen) atoms. The van der Waals surface area contributed by atoms with Gasteiger partial charge in [0.1, 0.15) is 17.2 Å². The zero-order chi connectivity index (χ0) is 24.8. The summed E-state index contributed by atoms with van der Waals surface area (Å²) in [5, 5.41) is 0.0494. The van der Waals surface area contributed by atoms with E-state index in [1.165, 1.54) is 7.11 Å². The van der Waals surface area contributed by atoms with E-state index in [1.54, 1.807) is 41.5 Å². The molecule has 182 valence electrons. The Morgan fingerprint density at radius 2 is 1.26 bits per heavy atom. The number of esters is 1. The molecule has 0 fully saturated rings. The average molecular weight is 462 g/mol. The standard InChI is InChI=1S/C22H43NO7Si/c1-20(2,3)29-18(25)23(19(26)30-21(4,5)6)16(17(24)27-10)14-13-15-28-31(11,12)22(7,8)9/h16H,13-15H2,1-12H3/t16-/m0/s1. The molecule has 8 nitrogen and oxygen atoms in total. The fraction of sp³-hybridized carbons (Fsp3) is 0.864. The number of rotatable bonds is 7. The van der Waals surface area contributed by atoms with Gasteiger partial charge in [0.2, 0.25) is 0 Å². The lowest BCUT2D eigenvalue weighted by atomic mass is 10.1. The van der Waals surface area contributed by atoms with E-state index in [0.717, 1.165) is 0 Å². The van der Waals surface area contributed by atoms with Gasteiger partial charge in [0, 0.05) is 6.61 Å². The highest BCUT2D eigenvalue weighted by Crippen LogP contribution is 2.36. The molecule has 9 heteroatoms. The van der Waals surface area contributed by atoms with Gasteiger partial charge in [-0.05, 0) is 72.5 Å².